The highest BCUT2D eigenvalue weighted by Crippen LogP contribution is 2.06. The molecule has 2 heteroatoms. The first-order valence-electron chi connectivity index (χ1n) is 3.52. The Morgan fingerprint density at radius 2 is 2.20 bits per heavy atom. The fourth-order valence-electron chi connectivity index (χ4n) is 0.719. The number of hydrogen-bond acceptors (Lipinski definition) is 2. The molecule has 0 aliphatic heterocycles. The van der Waals surface area contributed by atoms with E-state index >= 15 is 0 Å². The number of aldehydes is 1. The van der Waals surface area contributed by atoms with Crippen molar-refractivity contribution in [2.75, 3.05) is 6.61 Å². The zero-order chi connectivity index (χ0) is 7.82. The van der Waals surface area contributed by atoms with E-state index in [1.54, 1.807) is 0 Å². The van der Waals surface area contributed by atoms with Crippen LogP contribution in [0.2, 0.25) is 0 Å². The molecule has 0 saturated heterocycles. The van der Waals surface area contributed by atoms with Gasteiger partial charge in [0, 0.05) is 13.0 Å². The van der Waals surface area contributed by atoms with Gasteiger partial charge < -0.3 is 9.90 Å². The average Bonchev–Trinajstić information content (AvgIpc) is 1.89. The topological polar surface area (TPSA) is 37.3 Å². The first-order valence-corrected chi connectivity index (χ1v) is 3.52. The average molecular weight is 142 g/mol. The fourth-order valence-corrected chi connectivity index (χ4v) is 0.719. The van der Waals surface area contributed by atoms with Gasteiger partial charge in [0.15, 0.2) is 0 Å². The monoisotopic (exact) mass is 142 g/mol. The molecule has 0 aliphatic carbocycles. The molecule has 1 N–H and O–H groups in total. The van der Waals surface area contributed by atoms with Crippen LogP contribution in [0.25, 0.3) is 0 Å². The van der Waals surface area contributed by atoms with Crippen molar-refractivity contribution in [1.29, 1.82) is 0 Å². The summed E-state index contributed by atoms with van der Waals surface area (Å²) in [5, 5.41) is 8.46. The quantitative estimate of drug-likeness (QED) is 0.345. The normalized spacial score (nSPS) is 9.30. The zero-order valence-corrected chi connectivity index (χ0v) is 6.18. The molecule has 0 aromatic carbocycles. The lowest BCUT2D eigenvalue weighted by atomic mass is 10.1. The lowest BCUT2D eigenvalue weighted by molar-refractivity contribution is -0.107. The van der Waals surface area contributed by atoms with Gasteiger partial charge >= 0.3 is 0 Å². The Balaban J connectivity index is 3.13. The van der Waals surface area contributed by atoms with Gasteiger partial charge in [0.05, 0.1) is 0 Å². The molecule has 0 amide bonds. The van der Waals surface area contributed by atoms with Crippen LogP contribution in [0.5, 0.6) is 0 Å². The van der Waals surface area contributed by atoms with Crippen LogP contribution in [-0.2, 0) is 4.79 Å². The second-order valence-electron chi connectivity index (χ2n) is 2.28. The number of unbranched alkanes of at least 4 members (excludes halogenated alkanes) is 1. The summed E-state index contributed by atoms with van der Waals surface area (Å²) in [4.78, 5) is 9.87. The van der Waals surface area contributed by atoms with Gasteiger partial charge in [-0.2, -0.15) is 0 Å². The fraction of sp³-hybridized carbons (Fsp3) is 0.625. The van der Waals surface area contributed by atoms with E-state index in [9.17, 15) is 4.79 Å². The summed E-state index contributed by atoms with van der Waals surface area (Å²) in [6.07, 6.45) is 3.90. The molecule has 0 aromatic heterocycles. The second kappa shape index (κ2) is 6.49. The van der Waals surface area contributed by atoms with Gasteiger partial charge in [-0.1, -0.05) is 12.2 Å². The number of carbonyl (C=O) groups excluding carboxylic acids is 1. The van der Waals surface area contributed by atoms with Crippen LogP contribution >= 0.6 is 0 Å². The Bertz CT molecular complexity index is 108. The van der Waals surface area contributed by atoms with Crippen molar-refractivity contribution in [2.24, 2.45) is 0 Å². The van der Waals surface area contributed by atoms with Crippen LogP contribution in [0.3, 0.4) is 0 Å². The van der Waals surface area contributed by atoms with E-state index in [-0.39, 0.29) is 6.61 Å². The second-order valence-corrected chi connectivity index (χ2v) is 2.28. The van der Waals surface area contributed by atoms with E-state index in [2.05, 4.69) is 6.58 Å². The van der Waals surface area contributed by atoms with Crippen molar-refractivity contribution < 1.29 is 9.90 Å². The Morgan fingerprint density at radius 1 is 1.50 bits per heavy atom. The Kier molecular flexibility index (Phi) is 6.08. The first kappa shape index (κ1) is 9.37. The standard InChI is InChI=1S/C8H14O2/c1-8(5-7-10)4-2-3-6-9/h6,10H,1-5,7H2. The molecule has 0 aliphatic rings. The molecule has 2 nitrogen and oxygen atoms in total. The number of hydrogen-bond donors (Lipinski definition) is 1. The van der Waals surface area contributed by atoms with E-state index in [0.29, 0.717) is 12.8 Å². The molecule has 0 radical (unpaired) electrons. The van der Waals surface area contributed by atoms with Crippen LogP contribution in [0.1, 0.15) is 25.7 Å². The SMILES string of the molecule is C=C(CCO)CCCC=O. The summed E-state index contributed by atoms with van der Waals surface area (Å²) < 4.78 is 0. The summed E-state index contributed by atoms with van der Waals surface area (Å²) in [6.45, 7) is 3.91. The minimum absolute atomic E-state index is 0.167. The van der Waals surface area contributed by atoms with Crippen LogP contribution in [0, 0.1) is 0 Å². The van der Waals surface area contributed by atoms with Gasteiger partial charge in [-0.15, -0.1) is 0 Å². The van der Waals surface area contributed by atoms with Crippen molar-refractivity contribution in [1.82, 2.24) is 0 Å². The van der Waals surface area contributed by atoms with Crippen LogP contribution in [-0.4, -0.2) is 18.0 Å². The predicted molar refractivity (Wildman–Crippen MR) is 40.8 cm³/mol. The predicted octanol–water partition coefficient (Wildman–Crippen LogP) is 1.29. The minimum atomic E-state index is 0.167. The molecule has 0 heterocycles. The molecular weight excluding hydrogens is 128 g/mol. The van der Waals surface area contributed by atoms with Crippen molar-refractivity contribution in [2.45, 2.75) is 25.7 Å². The highest BCUT2D eigenvalue weighted by atomic mass is 16.2. The third-order valence-electron chi connectivity index (χ3n) is 1.32. The smallest absolute Gasteiger partial charge is 0.120 e. The Labute approximate surface area is 61.6 Å². The molecule has 58 valence electrons. The summed E-state index contributed by atoms with van der Waals surface area (Å²) >= 11 is 0. The third-order valence-corrected chi connectivity index (χ3v) is 1.32. The number of rotatable bonds is 6. The lowest BCUT2D eigenvalue weighted by Gasteiger charge is -1.99. The van der Waals surface area contributed by atoms with Crippen molar-refractivity contribution in [3.8, 4) is 0 Å². The van der Waals surface area contributed by atoms with Gasteiger partial charge in [0.2, 0.25) is 0 Å². The molecule has 0 unspecified atom stereocenters. The van der Waals surface area contributed by atoms with Gasteiger partial charge in [0.1, 0.15) is 6.29 Å². The Morgan fingerprint density at radius 3 is 2.70 bits per heavy atom. The van der Waals surface area contributed by atoms with Gasteiger partial charge in [-0.25, -0.2) is 0 Å². The van der Waals surface area contributed by atoms with Gasteiger partial charge in [0.25, 0.3) is 0 Å². The Hall–Kier alpha value is -0.630. The maximum Gasteiger partial charge on any atom is 0.120 e. The molecule has 10 heavy (non-hydrogen) atoms. The van der Waals surface area contributed by atoms with E-state index in [1.165, 1.54) is 0 Å². The third kappa shape index (κ3) is 5.51. The number of aliphatic hydroxyl groups excluding tert-OH is 1. The van der Waals surface area contributed by atoms with Crippen LogP contribution in [0.4, 0.5) is 0 Å². The van der Waals surface area contributed by atoms with Crippen LogP contribution < -0.4 is 0 Å². The molecule has 0 fully saturated rings. The largest absolute Gasteiger partial charge is 0.396 e. The lowest BCUT2D eigenvalue weighted by Crippen LogP contribution is -1.87. The molecule has 0 bridgehead atoms. The van der Waals surface area contributed by atoms with Crippen molar-refractivity contribution in [3.05, 3.63) is 12.2 Å². The van der Waals surface area contributed by atoms with Gasteiger partial charge in [-0.3, -0.25) is 0 Å². The highest BCUT2D eigenvalue weighted by Gasteiger charge is 1.92. The number of aliphatic hydroxyl groups is 1. The molecule has 0 spiro atoms. The van der Waals surface area contributed by atoms with Crippen LogP contribution in [0.15, 0.2) is 12.2 Å². The zero-order valence-electron chi connectivity index (χ0n) is 6.18. The van der Waals surface area contributed by atoms with E-state index < -0.39 is 0 Å². The summed E-state index contributed by atoms with van der Waals surface area (Å²) in [6, 6.07) is 0. The van der Waals surface area contributed by atoms with Crippen molar-refractivity contribution in [3.63, 3.8) is 0 Å². The summed E-state index contributed by atoms with van der Waals surface area (Å²) in [7, 11) is 0. The summed E-state index contributed by atoms with van der Waals surface area (Å²) in [5.74, 6) is 0. The minimum Gasteiger partial charge on any atom is -0.396 e. The summed E-state index contributed by atoms with van der Waals surface area (Å²) in [5.41, 5.74) is 1.03. The molecular formula is C8H14O2. The number of carbonyl (C=O) groups is 1. The molecule has 0 rings (SSSR count). The van der Waals surface area contributed by atoms with E-state index in [4.69, 9.17) is 5.11 Å². The molecule has 0 saturated carbocycles. The molecule has 0 atom stereocenters. The van der Waals surface area contributed by atoms with Gasteiger partial charge in [-0.05, 0) is 19.3 Å². The maximum absolute atomic E-state index is 9.87. The van der Waals surface area contributed by atoms with Crippen molar-refractivity contribution >= 4 is 6.29 Å². The van der Waals surface area contributed by atoms with E-state index in [0.717, 1.165) is 24.7 Å². The molecule has 0 aromatic rings. The van der Waals surface area contributed by atoms with E-state index in [1.807, 2.05) is 0 Å². The first-order chi connectivity index (χ1) is 4.81. The maximum atomic E-state index is 9.87. The highest BCUT2D eigenvalue weighted by molar-refractivity contribution is 5.49.